The fourth-order valence-electron chi connectivity index (χ4n) is 2.92. The van der Waals surface area contributed by atoms with Gasteiger partial charge in [0, 0.05) is 23.3 Å². The van der Waals surface area contributed by atoms with Crippen LogP contribution in [0.4, 0.5) is 5.82 Å². The summed E-state index contributed by atoms with van der Waals surface area (Å²) in [5.74, 6) is 1.08. The first-order chi connectivity index (χ1) is 9.25. The monoisotopic (exact) mass is 318 g/mol. The van der Waals surface area contributed by atoms with E-state index in [1.807, 2.05) is 6.07 Å². The van der Waals surface area contributed by atoms with Crippen LogP contribution >= 0.6 is 15.9 Å². The van der Waals surface area contributed by atoms with Crippen LogP contribution in [0, 0.1) is 0 Å². The zero-order valence-electron chi connectivity index (χ0n) is 11.2. The first-order valence-corrected chi connectivity index (χ1v) is 7.90. The largest absolute Gasteiger partial charge is 0.356 e. The molecule has 0 bridgehead atoms. The summed E-state index contributed by atoms with van der Waals surface area (Å²) >= 11 is 3.83. The first-order valence-electron chi connectivity index (χ1n) is 6.98. The summed E-state index contributed by atoms with van der Waals surface area (Å²) in [4.78, 5) is 7.71. The van der Waals surface area contributed by atoms with Crippen molar-refractivity contribution in [2.45, 2.75) is 36.6 Å². The molecule has 1 aromatic carbocycles. The van der Waals surface area contributed by atoms with Crippen molar-refractivity contribution in [3.05, 3.63) is 36.4 Å². The summed E-state index contributed by atoms with van der Waals surface area (Å²) in [6, 6.07) is 13.2. The number of hydrogen-bond donors (Lipinski definition) is 0. The van der Waals surface area contributed by atoms with Gasteiger partial charge in [0.05, 0.1) is 5.52 Å². The van der Waals surface area contributed by atoms with Crippen molar-refractivity contribution >= 4 is 32.7 Å². The van der Waals surface area contributed by atoms with Gasteiger partial charge in [-0.3, -0.25) is 0 Å². The van der Waals surface area contributed by atoms with E-state index in [0.717, 1.165) is 11.3 Å². The molecule has 1 aliphatic carbocycles. The Balaban J connectivity index is 1.90. The maximum absolute atomic E-state index is 4.79. The normalized spacial score (nSPS) is 23.5. The van der Waals surface area contributed by atoms with Crippen molar-refractivity contribution in [1.29, 1.82) is 0 Å². The van der Waals surface area contributed by atoms with Crippen molar-refractivity contribution in [2.75, 3.05) is 11.9 Å². The van der Waals surface area contributed by atoms with Crippen LogP contribution in [0.5, 0.6) is 0 Å². The SMILES string of the molecule is CN(c1ccc2ccccc2n1)C1CCCCC1Br. The average Bonchev–Trinajstić information content (AvgIpc) is 2.46. The van der Waals surface area contributed by atoms with Crippen LogP contribution in [0.2, 0.25) is 0 Å². The van der Waals surface area contributed by atoms with E-state index in [2.05, 4.69) is 58.2 Å². The molecule has 1 saturated carbocycles. The minimum absolute atomic E-state index is 0.558. The number of halogens is 1. The van der Waals surface area contributed by atoms with Crippen molar-refractivity contribution in [3.63, 3.8) is 0 Å². The van der Waals surface area contributed by atoms with Gasteiger partial charge < -0.3 is 4.90 Å². The fourth-order valence-corrected chi connectivity index (χ4v) is 3.87. The fraction of sp³-hybridized carbons (Fsp3) is 0.438. The van der Waals surface area contributed by atoms with E-state index in [1.54, 1.807) is 0 Å². The molecule has 2 unspecified atom stereocenters. The van der Waals surface area contributed by atoms with Crippen LogP contribution in [0.25, 0.3) is 10.9 Å². The number of rotatable bonds is 2. The number of benzene rings is 1. The second kappa shape index (κ2) is 5.49. The topological polar surface area (TPSA) is 16.1 Å². The highest BCUT2D eigenvalue weighted by molar-refractivity contribution is 9.09. The van der Waals surface area contributed by atoms with Crippen molar-refractivity contribution < 1.29 is 0 Å². The molecule has 0 N–H and O–H groups in total. The quantitative estimate of drug-likeness (QED) is 0.764. The predicted molar refractivity (Wildman–Crippen MR) is 85.1 cm³/mol. The molecule has 1 heterocycles. The lowest BCUT2D eigenvalue weighted by atomic mass is 9.94. The molecular weight excluding hydrogens is 300 g/mol. The maximum Gasteiger partial charge on any atom is 0.129 e. The molecule has 2 atom stereocenters. The number of anilines is 1. The van der Waals surface area contributed by atoms with E-state index in [9.17, 15) is 0 Å². The Hall–Kier alpha value is -1.09. The number of pyridine rings is 1. The number of aromatic nitrogens is 1. The highest BCUT2D eigenvalue weighted by Crippen LogP contribution is 2.30. The molecule has 0 radical (unpaired) electrons. The maximum atomic E-state index is 4.79. The lowest BCUT2D eigenvalue weighted by Gasteiger charge is -2.36. The summed E-state index contributed by atoms with van der Waals surface area (Å²) < 4.78 is 0. The minimum Gasteiger partial charge on any atom is -0.356 e. The Morgan fingerprint density at radius 1 is 1.11 bits per heavy atom. The molecule has 3 rings (SSSR count). The molecule has 1 fully saturated rings. The van der Waals surface area contributed by atoms with Gasteiger partial charge in [-0.2, -0.15) is 0 Å². The number of hydrogen-bond acceptors (Lipinski definition) is 2. The van der Waals surface area contributed by atoms with Crippen LogP contribution in [-0.2, 0) is 0 Å². The van der Waals surface area contributed by atoms with E-state index in [1.165, 1.54) is 31.1 Å². The van der Waals surface area contributed by atoms with Crippen LogP contribution in [0.15, 0.2) is 36.4 Å². The molecule has 0 aliphatic heterocycles. The molecule has 0 saturated heterocycles. The van der Waals surface area contributed by atoms with E-state index < -0.39 is 0 Å². The summed E-state index contributed by atoms with van der Waals surface area (Å²) in [5, 5.41) is 1.21. The van der Waals surface area contributed by atoms with Crippen LogP contribution in [0.1, 0.15) is 25.7 Å². The molecule has 0 spiro atoms. The Morgan fingerprint density at radius 3 is 2.74 bits per heavy atom. The van der Waals surface area contributed by atoms with E-state index in [4.69, 9.17) is 4.98 Å². The second-order valence-corrected chi connectivity index (χ2v) is 6.52. The zero-order chi connectivity index (χ0) is 13.2. The van der Waals surface area contributed by atoms with Crippen LogP contribution in [0.3, 0.4) is 0 Å². The third-order valence-electron chi connectivity index (χ3n) is 4.09. The Bertz CT molecular complexity index is 569. The van der Waals surface area contributed by atoms with Gasteiger partial charge in [-0.1, -0.05) is 47.0 Å². The highest BCUT2D eigenvalue weighted by atomic mass is 79.9. The molecule has 2 aromatic rings. The van der Waals surface area contributed by atoms with Gasteiger partial charge in [-0.15, -0.1) is 0 Å². The van der Waals surface area contributed by atoms with Gasteiger partial charge in [0.25, 0.3) is 0 Å². The van der Waals surface area contributed by atoms with Gasteiger partial charge in [0.2, 0.25) is 0 Å². The van der Waals surface area contributed by atoms with E-state index in [-0.39, 0.29) is 0 Å². The summed E-state index contributed by atoms with van der Waals surface area (Å²) in [6.07, 6.45) is 5.18. The average molecular weight is 319 g/mol. The number of alkyl halides is 1. The van der Waals surface area contributed by atoms with Gasteiger partial charge in [-0.25, -0.2) is 4.98 Å². The standard InChI is InChI=1S/C16H19BrN2/c1-19(15-9-5-3-7-13(15)17)16-11-10-12-6-2-4-8-14(12)18-16/h2,4,6,8,10-11,13,15H,3,5,7,9H2,1H3. The first kappa shape index (κ1) is 12.9. The van der Waals surface area contributed by atoms with Crippen molar-refractivity contribution in [2.24, 2.45) is 0 Å². The van der Waals surface area contributed by atoms with Gasteiger partial charge in [0.1, 0.15) is 5.82 Å². The van der Waals surface area contributed by atoms with Gasteiger partial charge in [0.15, 0.2) is 0 Å². The lowest BCUT2D eigenvalue weighted by Crippen LogP contribution is -2.41. The Kier molecular flexibility index (Phi) is 3.74. The molecule has 3 heteroatoms. The van der Waals surface area contributed by atoms with Crippen molar-refractivity contribution in [1.82, 2.24) is 4.98 Å². The lowest BCUT2D eigenvalue weighted by molar-refractivity contribution is 0.442. The van der Waals surface area contributed by atoms with Crippen LogP contribution < -0.4 is 4.90 Å². The van der Waals surface area contributed by atoms with Gasteiger partial charge >= 0.3 is 0 Å². The Labute approximate surface area is 123 Å². The Morgan fingerprint density at radius 2 is 1.89 bits per heavy atom. The molecular formula is C16H19BrN2. The zero-order valence-corrected chi connectivity index (χ0v) is 12.8. The van der Waals surface area contributed by atoms with Crippen molar-refractivity contribution in [3.8, 4) is 0 Å². The molecule has 19 heavy (non-hydrogen) atoms. The third-order valence-corrected chi connectivity index (χ3v) is 5.16. The third kappa shape index (κ3) is 2.62. The molecule has 1 aliphatic rings. The molecule has 1 aromatic heterocycles. The number of nitrogens with zero attached hydrogens (tertiary/aromatic N) is 2. The van der Waals surface area contributed by atoms with Crippen LogP contribution in [-0.4, -0.2) is 22.9 Å². The summed E-state index contributed by atoms with van der Waals surface area (Å²) in [5.41, 5.74) is 1.08. The van der Waals surface area contributed by atoms with Gasteiger partial charge in [-0.05, 0) is 31.0 Å². The van der Waals surface area contributed by atoms with E-state index in [0.29, 0.717) is 10.9 Å². The summed E-state index contributed by atoms with van der Waals surface area (Å²) in [7, 11) is 2.17. The predicted octanol–water partition coefficient (Wildman–Crippen LogP) is 4.38. The minimum atomic E-state index is 0.558. The molecule has 2 nitrogen and oxygen atoms in total. The molecule has 100 valence electrons. The smallest absolute Gasteiger partial charge is 0.129 e. The van der Waals surface area contributed by atoms with E-state index >= 15 is 0 Å². The number of para-hydroxylation sites is 1. The second-order valence-electron chi connectivity index (χ2n) is 5.34. The highest BCUT2D eigenvalue weighted by Gasteiger charge is 2.27. The molecule has 0 amide bonds. The number of fused-ring (bicyclic) bond motifs is 1. The summed E-state index contributed by atoms with van der Waals surface area (Å²) in [6.45, 7) is 0.